The second-order valence-corrected chi connectivity index (χ2v) is 5.64. The van der Waals surface area contributed by atoms with Crippen molar-refractivity contribution in [1.29, 1.82) is 0 Å². The highest BCUT2D eigenvalue weighted by atomic mass is 79.9. The second kappa shape index (κ2) is 5.75. The first-order valence-corrected chi connectivity index (χ1v) is 6.91. The highest BCUT2D eigenvalue weighted by molar-refractivity contribution is 9.10. The summed E-state index contributed by atoms with van der Waals surface area (Å²) in [5.74, 6) is -2.01. The average molecular weight is 342 g/mol. The Bertz CT molecular complexity index is 582. The number of benzene rings is 1. The van der Waals surface area contributed by atoms with Gasteiger partial charge in [-0.2, -0.15) is 0 Å². The van der Waals surface area contributed by atoms with Gasteiger partial charge in [-0.3, -0.25) is 4.79 Å². The molecule has 0 radical (unpaired) electrons. The summed E-state index contributed by atoms with van der Waals surface area (Å²) in [5.41, 5.74) is -0.899. The molecule has 0 aromatic heterocycles. The normalized spacial score (nSPS) is 16.7. The first-order valence-electron chi connectivity index (χ1n) is 6.12. The summed E-state index contributed by atoms with van der Waals surface area (Å²) < 4.78 is 14.2. The molecule has 0 spiro atoms. The molecular formula is C14H13BrFNO3. The maximum absolute atomic E-state index is 13.5. The van der Waals surface area contributed by atoms with Gasteiger partial charge in [0.15, 0.2) is 0 Å². The Hall–Kier alpha value is -1.69. The molecule has 106 valence electrons. The molecule has 1 saturated carbocycles. The van der Waals surface area contributed by atoms with Crippen LogP contribution in [0.4, 0.5) is 4.39 Å². The molecule has 0 bridgehead atoms. The zero-order valence-corrected chi connectivity index (χ0v) is 12.1. The van der Waals surface area contributed by atoms with Crippen LogP contribution < -0.4 is 5.32 Å². The number of hydrogen-bond donors (Lipinski definition) is 2. The number of nitrogens with one attached hydrogen (secondary N) is 1. The summed E-state index contributed by atoms with van der Waals surface area (Å²) in [4.78, 5) is 22.8. The van der Waals surface area contributed by atoms with Crippen LogP contribution in [-0.4, -0.2) is 22.5 Å². The van der Waals surface area contributed by atoms with Gasteiger partial charge in [0.05, 0.1) is 0 Å². The summed E-state index contributed by atoms with van der Waals surface area (Å²) in [6.45, 7) is 0. The van der Waals surface area contributed by atoms with E-state index < -0.39 is 23.2 Å². The molecule has 1 fully saturated rings. The Morgan fingerprint density at radius 1 is 1.40 bits per heavy atom. The minimum absolute atomic E-state index is 0.257. The van der Waals surface area contributed by atoms with Gasteiger partial charge in [-0.1, -0.05) is 15.9 Å². The summed E-state index contributed by atoms with van der Waals surface area (Å²) in [6, 6.07) is 4.38. The number of halogens is 2. The maximum Gasteiger partial charge on any atom is 0.329 e. The fourth-order valence-electron chi connectivity index (χ4n) is 2.01. The van der Waals surface area contributed by atoms with E-state index in [9.17, 15) is 14.0 Å². The molecule has 4 nitrogen and oxygen atoms in total. The number of rotatable bonds is 4. The molecule has 2 rings (SSSR count). The Balaban J connectivity index is 2.06. The van der Waals surface area contributed by atoms with Gasteiger partial charge >= 0.3 is 5.97 Å². The van der Waals surface area contributed by atoms with Crippen molar-refractivity contribution in [2.75, 3.05) is 0 Å². The molecule has 1 amide bonds. The van der Waals surface area contributed by atoms with E-state index in [0.717, 1.165) is 12.5 Å². The third kappa shape index (κ3) is 3.07. The maximum atomic E-state index is 13.5. The van der Waals surface area contributed by atoms with E-state index in [1.54, 1.807) is 6.07 Å². The fourth-order valence-corrected chi connectivity index (χ4v) is 2.39. The third-order valence-corrected chi connectivity index (χ3v) is 3.84. The highest BCUT2D eigenvalue weighted by Gasteiger charge is 2.45. The standard InChI is InChI=1S/C14H13BrFNO3/c15-10-3-4-11(16)9(8-10)2-5-12(18)17-14(13(19)20)6-1-7-14/h2-5,8H,1,6-7H2,(H,17,18)(H,19,20)/b5-2+. The first-order chi connectivity index (χ1) is 9.43. The smallest absolute Gasteiger partial charge is 0.329 e. The van der Waals surface area contributed by atoms with Crippen LogP contribution in [0.1, 0.15) is 24.8 Å². The first kappa shape index (κ1) is 14.7. The van der Waals surface area contributed by atoms with Crippen molar-refractivity contribution < 1.29 is 19.1 Å². The number of amides is 1. The number of carbonyl (C=O) groups is 2. The van der Waals surface area contributed by atoms with Crippen LogP contribution in [0.25, 0.3) is 6.08 Å². The zero-order valence-electron chi connectivity index (χ0n) is 10.5. The van der Waals surface area contributed by atoms with Crippen LogP contribution in [0.3, 0.4) is 0 Å². The lowest BCUT2D eigenvalue weighted by Crippen LogP contribution is -2.58. The van der Waals surface area contributed by atoms with Gasteiger partial charge in [0.2, 0.25) is 5.91 Å². The van der Waals surface area contributed by atoms with Gasteiger partial charge in [-0.05, 0) is 43.5 Å². The molecule has 20 heavy (non-hydrogen) atoms. The summed E-state index contributed by atoms with van der Waals surface area (Å²) in [5, 5.41) is 11.6. The van der Waals surface area contributed by atoms with E-state index in [4.69, 9.17) is 5.11 Å². The lowest BCUT2D eigenvalue weighted by Gasteiger charge is -2.37. The molecule has 0 unspecified atom stereocenters. The number of carboxylic acids is 1. The van der Waals surface area contributed by atoms with Gasteiger partial charge in [0, 0.05) is 16.1 Å². The second-order valence-electron chi connectivity index (χ2n) is 4.73. The molecule has 0 atom stereocenters. The lowest BCUT2D eigenvalue weighted by molar-refractivity contribution is -0.151. The van der Waals surface area contributed by atoms with E-state index in [1.165, 1.54) is 18.2 Å². The van der Waals surface area contributed by atoms with Crippen LogP contribution in [-0.2, 0) is 9.59 Å². The highest BCUT2D eigenvalue weighted by Crippen LogP contribution is 2.32. The predicted molar refractivity (Wildman–Crippen MR) is 75.5 cm³/mol. The Morgan fingerprint density at radius 2 is 2.10 bits per heavy atom. The monoisotopic (exact) mass is 341 g/mol. The Kier molecular flexibility index (Phi) is 4.23. The van der Waals surface area contributed by atoms with Crippen LogP contribution in [0.5, 0.6) is 0 Å². The largest absolute Gasteiger partial charge is 0.480 e. The Labute approximate surface area is 123 Å². The molecule has 0 heterocycles. The van der Waals surface area contributed by atoms with Gasteiger partial charge < -0.3 is 10.4 Å². The minimum atomic E-state index is -1.16. The van der Waals surface area contributed by atoms with Crippen LogP contribution in [0.15, 0.2) is 28.7 Å². The van der Waals surface area contributed by atoms with Crippen molar-refractivity contribution in [1.82, 2.24) is 5.32 Å². The molecule has 0 aliphatic heterocycles. The van der Waals surface area contributed by atoms with Crippen LogP contribution in [0.2, 0.25) is 0 Å². The molecular weight excluding hydrogens is 329 g/mol. The van der Waals surface area contributed by atoms with E-state index in [-0.39, 0.29) is 5.56 Å². The lowest BCUT2D eigenvalue weighted by atomic mass is 9.77. The number of carboxylic acid groups (broad SMARTS) is 1. The molecule has 1 aromatic carbocycles. The van der Waals surface area contributed by atoms with Crippen molar-refractivity contribution >= 4 is 33.9 Å². The van der Waals surface area contributed by atoms with Gasteiger partial charge in [-0.25, -0.2) is 9.18 Å². The molecule has 1 aliphatic rings. The van der Waals surface area contributed by atoms with Gasteiger partial charge in [0.1, 0.15) is 11.4 Å². The van der Waals surface area contributed by atoms with Crippen molar-refractivity contribution in [2.24, 2.45) is 0 Å². The van der Waals surface area contributed by atoms with E-state index in [0.29, 0.717) is 17.3 Å². The number of hydrogen-bond acceptors (Lipinski definition) is 2. The molecule has 6 heteroatoms. The van der Waals surface area contributed by atoms with Crippen molar-refractivity contribution in [2.45, 2.75) is 24.8 Å². The van der Waals surface area contributed by atoms with Crippen molar-refractivity contribution in [3.8, 4) is 0 Å². The minimum Gasteiger partial charge on any atom is -0.480 e. The van der Waals surface area contributed by atoms with Gasteiger partial charge in [-0.15, -0.1) is 0 Å². The van der Waals surface area contributed by atoms with E-state index in [2.05, 4.69) is 21.2 Å². The molecule has 1 aliphatic carbocycles. The van der Waals surface area contributed by atoms with Gasteiger partial charge in [0.25, 0.3) is 0 Å². The SMILES string of the molecule is O=C(/C=C/c1cc(Br)ccc1F)NC1(C(=O)O)CCC1. The summed E-state index contributed by atoms with van der Waals surface area (Å²) in [6.07, 6.45) is 4.09. The quantitative estimate of drug-likeness (QED) is 0.827. The van der Waals surface area contributed by atoms with E-state index in [1.807, 2.05) is 0 Å². The third-order valence-electron chi connectivity index (χ3n) is 3.35. The molecule has 0 saturated heterocycles. The number of carbonyl (C=O) groups excluding carboxylic acids is 1. The van der Waals surface area contributed by atoms with E-state index >= 15 is 0 Å². The fraction of sp³-hybridized carbons (Fsp3) is 0.286. The van der Waals surface area contributed by atoms with Crippen LogP contribution in [0, 0.1) is 5.82 Å². The number of aliphatic carboxylic acids is 1. The summed E-state index contributed by atoms with van der Waals surface area (Å²) in [7, 11) is 0. The van der Waals surface area contributed by atoms with Crippen LogP contribution >= 0.6 is 15.9 Å². The topological polar surface area (TPSA) is 66.4 Å². The zero-order chi connectivity index (χ0) is 14.8. The molecule has 1 aromatic rings. The summed E-state index contributed by atoms with van der Waals surface area (Å²) >= 11 is 3.21. The van der Waals surface area contributed by atoms with Crippen molar-refractivity contribution in [3.63, 3.8) is 0 Å². The molecule has 2 N–H and O–H groups in total. The predicted octanol–water partition coefficient (Wildman–Crippen LogP) is 2.72. The van der Waals surface area contributed by atoms with Crippen molar-refractivity contribution in [3.05, 3.63) is 40.1 Å². The average Bonchev–Trinajstić information content (AvgIpc) is 2.34. The Morgan fingerprint density at radius 3 is 2.65 bits per heavy atom.